The van der Waals surface area contributed by atoms with E-state index in [1.54, 1.807) is 0 Å². The molecule has 0 aliphatic carbocycles. The third-order valence-electron chi connectivity index (χ3n) is 3.65. The minimum atomic E-state index is -1.93. The molecule has 0 N–H and O–H groups in total. The van der Waals surface area contributed by atoms with Gasteiger partial charge in [0.2, 0.25) is 0 Å². The monoisotopic (exact) mass is 304 g/mol. The summed E-state index contributed by atoms with van der Waals surface area (Å²) in [6, 6.07) is 27.6. The molecule has 3 aromatic carbocycles. The maximum Gasteiger partial charge on any atom is 0.131 e. The molecule has 1 unspecified atom stereocenters. The van der Waals surface area contributed by atoms with Gasteiger partial charge in [-0.3, -0.25) is 0 Å². The first-order chi connectivity index (χ1) is 10.8. The summed E-state index contributed by atoms with van der Waals surface area (Å²) < 4.78 is 12.6. The van der Waals surface area contributed by atoms with Crippen LogP contribution in [0.2, 0.25) is 0 Å². The fourth-order valence-electron chi connectivity index (χ4n) is 2.38. The minimum Gasteiger partial charge on any atom is -0.317 e. The molecule has 0 spiro atoms. The lowest BCUT2D eigenvalue weighted by molar-refractivity contribution is 0.598. The van der Waals surface area contributed by atoms with Gasteiger partial charge >= 0.3 is 0 Å². The zero-order chi connectivity index (χ0) is 15.4. The predicted octanol–water partition coefficient (Wildman–Crippen LogP) is 4.26. The highest BCUT2D eigenvalue weighted by molar-refractivity contribution is 7.61. The van der Waals surface area contributed by atoms with E-state index in [0.717, 1.165) is 27.3 Å². The Labute approximate surface area is 131 Å². The Morgan fingerprint density at radius 2 is 1.09 bits per heavy atom. The Balaban J connectivity index is 1.84. The molecule has 3 aromatic rings. The van der Waals surface area contributed by atoms with E-state index < -0.39 is 7.80 Å². The molecule has 2 heteroatoms. The summed E-state index contributed by atoms with van der Waals surface area (Å²) in [6.07, 6.45) is 0. The molecule has 0 saturated heterocycles. The van der Waals surface area contributed by atoms with Gasteiger partial charge in [-0.25, -0.2) is 0 Å². The Morgan fingerprint density at radius 3 is 1.68 bits per heavy atom. The van der Waals surface area contributed by atoms with Gasteiger partial charge in [0.05, 0.1) is 0 Å². The highest BCUT2D eigenvalue weighted by Gasteiger charge is 2.07. The zero-order valence-corrected chi connectivity index (χ0v) is 13.2. The van der Waals surface area contributed by atoms with Crippen LogP contribution in [-0.2, 0) is 4.57 Å². The fraction of sp³-hybridized carbons (Fsp3) is 0. The first-order valence-electron chi connectivity index (χ1n) is 7.20. The van der Waals surface area contributed by atoms with Crippen molar-refractivity contribution in [3.8, 4) is 0 Å². The molecule has 1 nitrogen and oxygen atoms in total. The van der Waals surface area contributed by atoms with Gasteiger partial charge in [-0.15, -0.1) is 0 Å². The Kier molecular flexibility index (Phi) is 4.37. The van der Waals surface area contributed by atoms with Crippen LogP contribution < -0.4 is 10.6 Å². The van der Waals surface area contributed by atoms with Crippen molar-refractivity contribution in [2.24, 2.45) is 0 Å². The third kappa shape index (κ3) is 3.10. The second kappa shape index (κ2) is 6.60. The summed E-state index contributed by atoms with van der Waals surface area (Å²) in [7, 11) is -1.93. The van der Waals surface area contributed by atoms with E-state index in [-0.39, 0.29) is 0 Å². The Hall–Kier alpha value is -2.37. The molecule has 0 aliphatic rings. The summed E-state index contributed by atoms with van der Waals surface area (Å²) >= 11 is 0. The van der Waals surface area contributed by atoms with Crippen molar-refractivity contribution in [2.75, 3.05) is 0 Å². The van der Waals surface area contributed by atoms with Crippen LogP contribution in [0.3, 0.4) is 0 Å². The van der Waals surface area contributed by atoms with Gasteiger partial charge in [0, 0.05) is 10.6 Å². The van der Waals surface area contributed by atoms with Crippen molar-refractivity contribution in [3.05, 3.63) is 103 Å². The average molecular weight is 304 g/mol. The lowest BCUT2D eigenvalue weighted by Gasteiger charge is -2.08. The second-order valence-corrected chi connectivity index (χ2v) is 6.93. The van der Waals surface area contributed by atoms with Gasteiger partial charge in [0.1, 0.15) is 7.80 Å². The molecule has 3 rings (SSSR count). The topological polar surface area (TPSA) is 17.1 Å². The number of hydrogen-bond acceptors (Lipinski definition) is 1. The molecule has 108 valence electrons. The average Bonchev–Trinajstić information content (AvgIpc) is 2.62. The van der Waals surface area contributed by atoms with E-state index in [1.807, 2.05) is 84.9 Å². The number of benzene rings is 3. The van der Waals surface area contributed by atoms with E-state index in [1.165, 1.54) is 0 Å². The molecule has 0 heterocycles. The molecule has 0 radical (unpaired) electrons. The van der Waals surface area contributed by atoms with Crippen molar-refractivity contribution < 1.29 is 4.57 Å². The van der Waals surface area contributed by atoms with Crippen LogP contribution in [0.5, 0.6) is 0 Å². The quantitative estimate of drug-likeness (QED) is 0.658. The van der Waals surface area contributed by atoms with Gasteiger partial charge in [0.25, 0.3) is 0 Å². The lowest BCUT2D eigenvalue weighted by Crippen LogP contribution is -2.06. The number of hydrogen-bond donors (Lipinski definition) is 0. The molecule has 0 amide bonds. The largest absolute Gasteiger partial charge is 0.317 e. The maximum absolute atomic E-state index is 12.6. The van der Waals surface area contributed by atoms with Gasteiger partial charge in [-0.05, 0) is 16.7 Å². The summed E-state index contributed by atoms with van der Waals surface area (Å²) in [5.41, 5.74) is 3.13. The minimum absolute atomic E-state index is 0.876. The molecule has 0 fully saturated rings. The van der Waals surface area contributed by atoms with Crippen molar-refractivity contribution in [1.82, 2.24) is 0 Å². The van der Waals surface area contributed by atoms with Crippen molar-refractivity contribution in [1.29, 1.82) is 0 Å². The van der Waals surface area contributed by atoms with Crippen LogP contribution in [0, 0.1) is 0 Å². The van der Waals surface area contributed by atoms with Crippen LogP contribution in [-0.4, -0.2) is 0 Å². The smallest absolute Gasteiger partial charge is 0.131 e. The van der Waals surface area contributed by atoms with Crippen LogP contribution in [0.1, 0.15) is 11.1 Å². The molecule has 0 aliphatic heterocycles. The summed E-state index contributed by atoms with van der Waals surface area (Å²) in [4.78, 5) is 0. The predicted molar refractivity (Wildman–Crippen MR) is 95.7 cm³/mol. The van der Waals surface area contributed by atoms with Crippen molar-refractivity contribution in [3.63, 3.8) is 0 Å². The molecular weight excluding hydrogens is 287 g/mol. The van der Waals surface area contributed by atoms with Crippen molar-refractivity contribution in [2.45, 2.75) is 0 Å². The van der Waals surface area contributed by atoms with E-state index in [4.69, 9.17) is 0 Å². The summed E-state index contributed by atoms with van der Waals surface area (Å²) in [6.45, 7) is 4.16. The second-order valence-electron chi connectivity index (χ2n) is 5.12. The first-order valence-corrected chi connectivity index (χ1v) is 8.61. The van der Waals surface area contributed by atoms with E-state index in [0.29, 0.717) is 0 Å². The standard InChI is InChI=1S/C20H17OP/c1-16(17-8-4-2-5-9-17)18-12-14-20(15-13-18)22(21)19-10-6-3-7-11-19/h2-15,22H,1H2. The third-order valence-corrected chi connectivity index (χ3v) is 5.37. The number of rotatable bonds is 4. The maximum atomic E-state index is 12.6. The van der Waals surface area contributed by atoms with Crippen molar-refractivity contribution >= 4 is 24.0 Å². The van der Waals surface area contributed by atoms with Gasteiger partial charge in [-0.2, -0.15) is 0 Å². The fourth-order valence-corrected chi connectivity index (χ4v) is 3.68. The van der Waals surface area contributed by atoms with E-state index in [9.17, 15) is 4.57 Å². The van der Waals surface area contributed by atoms with Crippen LogP contribution in [0.4, 0.5) is 0 Å². The first kappa shape index (κ1) is 14.6. The van der Waals surface area contributed by atoms with E-state index in [2.05, 4.69) is 6.58 Å². The normalized spacial score (nSPS) is 11.8. The zero-order valence-electron chi connectivity index (χ0n) is 12.2. The highest BCUT2D eigenvalue weighted by atomic mass is 31.1. The molecule has 0 aromatic heterocycles. The van der Waals surface area contributed by atoms with Gasteiger partial charge < -0.3 is 4.57 Å². The Morgan fingerprint density at radius 1 is 0.636 bits per heavy atom. The van der Waals surface area contributed by atoms with Gasteiger partial charge in [-0.1, -0.05) is 91.5 Å². The van der Waals surface area contributed by atoms with Gasteiger partial charge in [0.15, 0.2) is 0 Å². The molecule has 0 saturated carbocycles. The summed E-state index contributed by atoms with van der Waals surface area (Å²) in [5, 5.41) is 1.77. The Bertz CT molecular complexity index is 720. The summed E-state index contributed by atoms with van der Waals surface area (Å²) in [5.74, 6) is 0. The van der Waals surface area contributed by atoms with Crippen LogP contribution in [0.15, 0.2) is 91.5 Å². The lowest BCUT2D eigenvalue weighted by atomic mass is 10.00. The molecule has 0 bridgehead atoms. The molecule has 1 atom stereocenters. The highest BCUT2D eigenvalue weighted by Crippen LogP contribution is 2.23. The van der Waals surface area contributed by atoms with E-state index >= 15 is 0 Å². The molecule has 22 heavy (non-hydrogen) atoms. The SMILES string of the molecule is C=C(c1ccccc1)c1ccc([PH](=O)c2ccccc2)cc1. The van der Waals surface area contributed by atoms with Crippen LogP contribution in [0.25, 0.3) is 5.57 Å². The molecular formula is C20H17OP. The van der Waals surface area contributed by atoms with Crippen LogP contribution >= 0.6 is 7.80 Å².